The van der Waals surface area contributed by atoms with Crippen molar-refractivity contribution in [1.29, 1.82) is 0 Å². The molecule has 1 aromatic carbocycles. The van der Waals surface area contributed by atoms with Crippen LogP contribution in [0.2, 0.25) is 0 Å². The highest BCUT2D eigenvalue weighted by atomic mass is 16.5. The second-order valence-corrected chi connectivity index (χ2v) is 3.74. The van der Waals surface area contributed by atoms with Crippen molar-refractivity contribution in [2.45, 2.75) is 25.9 Å². The third-order valence-corrected chi connectivity index (χ3v) is 2.17. The SMILES string of the molecule is CCCC(O)C#Cc1cccc(OCCN)c1. The molecule has 1 aromatic rings. The number of rotatable bonds is 5. The van der Waals surface area contributed by atoms with Gasteiger partial charge in [0.2, 0.25) is 0 Å². The minimum absolute atomic E-state index is 0.491. The van der Waals surface area contributed by atoms with Gasteiger partial charge in [0.1, 0.15) is 18.5 Å². The van der Waals surface area contributed by atoms with E-state index in [0.717, 1.165) is 17.7 Å². The van der Waals surface area contributed by atoms with Crippen LogP contribution < -0.4 is 10.5 Å². The van der Waals surface area contributed by atoms with E-state index in [-0.39, 0.29) is 0 Å². The van der Waals surface area contributed by atoms with Crippen molar-refractivity contribution in [1.82, 2.24) is 0 Å². The summed E-state index contributed by atoms with van der Waals surface area (Å²) in [5.41, 5.74) is 6.20. The lowest BCUT2D eigenvalue weighted by Gasteiger charge is -2.04. The van der Waals surface area contributed by atoms with Crippen LogP contribution in [0.3, 0.4) is 0 Å². The standard InChI is InChI=1S/C14H19NO2/c1-2-4-13(16)8-7-12-5-3-6-14(11-12)17-10-9-15/h3,5-6,11,13,16H,2,4,9-10,15H2,1H3. The summed E-state index contributed by atoms with van der Waals surface area (Å²) >= 11 is 0. The van der Waals surface area contributed by atoms with Gasteiger partial charge in [-0.05, 0) is 24.6 Å². The molecule has 3 N–H and O–H groups in total. The molecule has 0 aliphatic heterocycles. The Morgan fingerprint density at radius 2 is 2.29 bits per heavy atom. The van der Waals surface area contributed by atoms with E-state index in [1.54, 1.807) is 0 Å². The first-order valence-corrected chi connectivity index (χ1v) is 5.88. The van der Waals surface area contributed by atoms with Crippen LogP contribution in [0, 0.1) is 11.8 Å². The van der Waals surface area contributed by atoms with Gasteiger partial charge in [-0.1, -0.05) is 31.3 Å². The number of hydrogen-bond acceptors (Lipinski definition) is 3. The number of aliphatic hydroxyl groups excluding tert-OH is 1. The largest absolute Gasteiger partial charge is 0.492 e. The van der Waals surface area contributed by atoms with Crippen molar-refractivity contribution in [2.75, 3.05) is 13.2 Å². The average Bonchev–Trinajstić information content (AvgIpc) is 2.35. The van der Waals surface area contributed by atoms with E-state index in [1.807, 2.05) is 31.2 Å². The summed E-state index contributed by atoms with van der Waals surface area (Å²) < 4.78 is 5.39. The van der Waals surface area contributed by atoms with E-state index in [1.165, 1.54) is 0 Å². The predicted octanol–water partition coefficient (Wildman–Crippen LogP) is 1.54. The zero-order valence-corrected chi connectivity index (χ0v) is 10.1. The second-order valence-electron chi connectivity index (χ2n) is 3.74. The molecule has 1 atom stereocenters. The molecule has 0 aromatic heterocycles. The number of benzene rings is 1. The van der Waals surface area contributed by atoms with Gasteiger partial charge in [0.25, 0.3) is 0 Å². The summed E-state index contributed by atoms with van der Waals surface area (Å²) in [4.78, 5) is 0. The number of nitrogens with two attached hydrogens (primary N) is 1. The number of ether oxygens (including phenoxy) is 1. The van der Waals surface area contributed by atoms with Gasteiger partial charge in [-0.25, -0.2) is 0 Å². The van der Waals surface area contributed by atoms with Crippen LogP contribution in [0.4, 0.5) is 0 Å². The third kappa shape index (κ3) is 5.39. The first-order valence-electron chi connectivity index (χ1n) is 5.88. The van der Waals surface area contributed by atoms with Crippen molar-refractivity contribution >= 4 is 0 Å². The smallest absolute Gasteiger partial charge is 0.120 e. The maximum absolute atomic E-state index is 9.50. The van der Waals surface area contributed by atoms with Crippen molar-refractivity contribution in [2.24, 2.45) is 5.73 Å². The quantitative estimate of drug-likeness (QED) is 0.758. The van der Waals surface area contributed by atoms with Crippen molar-refractivity contribution in [3.63, 3.8) is 0 Å². The average molecular weight is 233 g/mol. The summed E-state index contributed by atoms with van der Waals surface area (Å²) in [7, 11) is 0. The minimum Gasteiger partial charge on any atom is -0.492 e. The van der Waals surface area contributed by atoms with Gasteiger partial charge in [-0.2, -0.15) is 0 Å². The minimum atomic E-state index is -0.548. The summed E-state index contributed by atoms with van der Waals surface area (Å²) in [6.07, 6.45) is 1.08. The fraction of sp³-hybridized carbons (Fsp3) is 0.429. The van der Waals surface area contributed by atoms with Crippen LogP contribution in [-0.4, -0.2) is 24.4 Å². The molecule has 0 fully saturated rings. The monoisotopic (exact) mass is 233 g/mol. The Balaban J connectivity index is 2.64. The van der Waals surface area contributed by atoms with Crippen LogP contribution >= 0.6 is 0 Å². The van der Waals surface area contributed by atoms with Gasteiger partial charge < -0.3 is 15.6 Å². The highest BCUT2D eigenvalue weighted by molar-refractivity contribution is 5.40. The van der Waals surface area contributed by atoms with Gasteiger partial charge >= 0.3 is 0 Å². The maximum atomic E-state index is 9.50. The zero-order chi connectivity index (χ0) is 12.5. The van der Waals surface area contributed by atoms with Crippen LogP contribution in [-0.2, 0) is 0 Å². The van der Waals surface area contributed by atoms with Gasteiger partial charge in [-0.3, -0.25) is 0 Å². The molecular weight excluding hydrogens is 214 g/mol. The highest BCUT2D eigenvalue weighted by Gasteiger charge is 1.96. The molecule has 0 radical (unpaired) electrons. The Labute approximate surface area is 103 Å². The number of aliphatic hydroxyl groups is 1. The van der Waals surface area contributed by atoms with Crippen LogP contribution in [0.15, 0.2) is 24.3 Å². The fourth-order valence-electron chi connectivity index (χ4n) is 1.35. The van der Waals surface area contributed by atoms with Gasteiger partial charge in [-0.15, -0.1) is 0 Å². The molecule has 1 unspecified atom stereocenters. The molecular formula is C14H19NO2. The molecule has 92 valence electrons. The van der Waals surface area contributed by atoms with Gasteiger partial charge in [0.05, 0.1) is 0 Å². The predicted molar refractivity (Wildman–Crippen MR) is 68.8 cm³/mol. The molecule has 3 heteroatoms. The molecule has 0 aliphatic rings. The molecule has 17 heavy (non-hydrogen) atoms. The maximum Gasteiger partial charge on any atom is 0.120 e. The fourth-order valence-corrected chi connectivity index (χ4v) is 1.35. The summed E-state index contributed by atoms with van der Waals surface area (Å²) in [5.74, 6) is 6.50. The van der Waals surface area contributed by atoms with E-state index in [0.29, 0.717) is 19.6 Å². The zero-order valence-electron chi connectivity index (χ0n) is 10.1. The van der Waals surface area contributed by atoms with E-state index >= 15 is 0 Å². The van der Waals surface area contributed by atoms with E-state index in [4.69, 9.17) is 10.5 Å². The summed E-state index contributed by atoms with van der Waals surface area (Å²) in [5, 5.41) is 9.50. The van der Waals surface area contributed by atoms with Gasteiger partial charge in [0.15, 0.2) is 0 Å². The molecule has 3 nitrogen and oxygen atoms in total. The first-order chi connectivity index (χ1) is 8.26. The Morgan fingerprint density at radius 3 is 3.00 bits per heavy atom. The lowest BCUT2D eigenvalue weighted by atomic mass is 10.2. The Kier molecular flexibility index (Phi) is 6.16. The Morgan fingerprint density at radius 1 is 1.47 bits per heavy atom. The van der Waals surface area contributed by atoms with Crippen LogP contribution in [0.5, 0.6) is 5.75 Å². The van der Waals surface area contributed by atoms with Crippen molar-refractivity contribution in [3.8, 4) is 17.6 Å². The Hall–Kier alpha value is -1.50. The Bertz CT molecular complexity index is 393. The molecule has 0 heterocycles. The normalized spacial score (nSPS) is 11.5. The van der Waals surface area contributed by atoms with Crippen molar-refractivity contribution in [3.05, 3.63) is 29.8 Å². The highest BCUT2D eigenvalue weighted by Crippen LogP contribution is 2.12. The second kappa shape index (κ2) is 7.72. The van der Waals surface area contributed by atoms with E-state index < -0.39 is 6.10 Å². The van der Waals surface area contributed by atoms with Crippen LogP contribution in [0.1, 0.15) is 25.3 Å². The topological polar surface area (TPSA) is 55.5 Å². The molecule has 1 rings (SSSR count). The molecule has 0 spiro atoms. The summed E-state index contributed by atoms with van der Waals surface area (Å²) in [6.45, 7) is 3.01. The molecule has 0 saturated carbocycles. The molecule has 0 amide bonds. The first kappa shape index (κ1) is 13.6. The lowest BCUT2D eigenvalue weighted by Crippen LogP contribution is -2.10. The van der Waals surface area contributed by atoms with E-state index in [2.05, 4.69) is 11.8 Å². The van der Waals surface area contributed by atoms with Gasteiger partial charge in [0, 0.05) is 12.1 Å². The summed E-state index contributed by atoms with van der Waals surface area (Å²) in [6, 6.07) is 7.48. The van der Waals surface area contributed by atoms with Crippen LogP contribution in [0.25, 0.3) is 0 Å². The lowest BCUT2D eigenvalue weighted by molar-refractivity contribution is 0.221. The van der Waals surface area contributed by atoms with Crippen molar-refractivity contribution < 1.29 is 9.84 Å². The van der Waals surface area contributed by atoms with E-state index in [9.17, 15) is 5.11 Å². The number of hydrogen-bond donors (Lipinski definition) is 2. The molecule has 0 saturated heterocycles. The molecule has 0 bridgehead atoms. The third-order valence-electron chi connectivity index (χ3n) is 2.17. The molecule has 0 aliphatic carbocycles.